The van der Waals surface area contributed by atoms with Crippen molar-refractivity contribution in [1.29, 1.82) is 0 Å². The van der Waals surface area contributed by atoms with Gasteiger partial charge in [0, 0.05) is 29.4 Å². The van der Waals surface area contributed by atoms with Crippen LogP contribution in [-0.2, 0) is 6.54 Å². The molecule has 0 spiro atoms. The molecule has 0 aliphatic carbocycles. The van der Waals surface area contributed by atoms with E-state index < -0.39 is 0 Å². The predicted molar refractivity (Wildman–Crippen MR) is 85.5 cm³/mol. The van der Waals surface area contributed by atoms with Crippen LogP contribution in [0.15, 0.2) is 60.8 Å². The maximum atomic E-state index is 11.6. The number of nitrogens with one attached hydrogen (secondary N) is 1. The minimum atomic E-state index is 0.0640. The van der Waals surface area contributed by atoms with Crippen molar-refractivity contribution in [2.75, 3.05) is 5.32 Å². The predicted octanol–water partition coefficient (Wildman–Crippen LogP) is 4.05. The summed E-state index contributed by atoms with van der Waals surface area (Å²) in [5.41, 5.74) is 3.68. The Labute approximate surface area is 123 Å². The van der Waals surface area contributed by atoms with Crippen molar-refractivity contribution in [1.82, 2.24) is 4.98 Å². The van der Waals surface area contributed by atoms with Crippen LogP contribution < -0.4 is 5.32 Å². The van der Waals surface area contributed by atoms with Crippen molar-refractivity contribution >= 4 is 22.4 Å². The Morgan fingerprint density at radius 3 is 2.71 bits per heavy atom. The van der Waals surface area contributed by atoms with Gasteiger partial charge in [-0.15, -0.1) is 0 Å². The van der Waals surface area contributed by atoms with Crippen molar-refractivity contribution in [3.63, 3.8) is 0 Å². The third-order valence-electron chi connectivity index (χ3n) is 3.49. The molecule has 1 heterocycles. The number of carbonyl (C=O) groups is 1. The number of aromatic nitrogens is 1. The molecule has 2 aromatic carbocycles. The SMILES string of the molecule is CC(=O)c1ccccc1NCc1cccc2cccnc12. The normalized spacial score (nSPS) is 10.5. The van der Waals surface area contributed by atoms with Crippen LogP contribution in [0.1, 0.15) is 22.8 Å². The van der Waals surface area contributed by atoms with Crippen molar-refractivity contribution in [2.45, 2.75) is 13.5 Å². The number of anilines is 1. The highest BCUT2D eigenvalue weighted by Crippen LogP contribution is 2.20. The van der Waals surface area contributed by atoms with Crippen molar-refractivity contribution < 1.29 is 4.79 Å². The maximum absolute atomic E-state index is 11.6. The topological polar surface area (TPSA) is 42.0 Å². The molecule has 0 saturated heterocycles. The molecule has 0 saturated carbocycles. The summed E-state index contributed by atoms with van der Waals surface area (Å²) in [4.78, 5) is 16.1. The third kappa shape index (κ3) is 2.77. The van der Waals surface area contributed by atoms with Crippen molar-refractivity contribution in [2.24, 2.45) is 0 Å². The summed E-state index contributed by atoms with van der Waals surface area (Å²) >= 11 is 0. The summed E-state index contributed by atoms with van der Waals surface area (Å²) in [6, 6.07) is 17.7. The molecule has 0 fully saturated rings. The smallest absolute Gasteiger partial charge is 0.161 e. The second-order valence-corrected chi connectivity index (χ2v) is 4.95. The number of ketones is 1. The van der Waals surface area contributed by atoms with Gasteiger partial charge in [0.15, 0.2) is 5.78 Å². The van der Waals surface area contributed by atoms with Crippen LogP contribution in [-0.4, -0.2) is 10.8 Å². The van der Waals surface area contributed by atoms with E-state index in [0.717, 1.165) is 22.2 Å². The minimum absolute atomic E-state index is 0.0640. The lowest BCUT2D eigenvalue weighted by molar-refractivity contribution is 0.101. The van der Waals surface area contributed by atoms with Gasteiger partial charge in [-0.2, -0.15) is 0 Å². The lowest BCUT2D eigenvalue weighted by Crippen LogP contribution is -2.05. The van der Waals surface area contributed by atoms with E-state index in [1.165, 1.54) is 0 Å². The van der Waals surface area contributed by atoms with Gasteiger partial charge in [-0.1, -0.05) is 36.4 Å². The highest BCUT2D eigenvalue weighted by molar-refractivity contribution is 5.99. The summed E-state index contributed by atoms with van der Waals surface area (Å²) < 4.78 is 0. The van der Waals surface area contributed by atoms with E-state index in [4.69, 9.17) is 0 Å². The van der Waals surface area contributed by atoms with E-state index in [-0.39, 0.29) is 5.78 Å². The van der Waals surface area contributed by atoms with Gasteiger partial charge in [0.05, 0.1) is 5.52 Å². The number of Topliss-reactive ketones (excluding diaryl/α,β-unsaturated/α-hetero) is 1. The molecule has 104 valence electrons. The average molecular weight is 276 g/mol. The van der Waals surface area contributed by atoms with Crippen molar-refractivity contribution in [3.8, 4) is 0 Å². The summed E-state index contributed by atoms with van der Waals surface area (Å²) in [5, 5.41) is 4.46. The molecule has 0 radical (unpaired) electrons. The first-order valence-electron chi connectivity index (χ1n) is 6.92. The first-order chi connectivity index (χ1) is 10.3. The minimum Gasteiger partial charge on any atom is -0.380 e. The number of hydrogen-bond donors (Lipinski definition) is 1. The number of para-hydroxylation sites is 2. The molecule has 1 aromatic heterocycles. The maximum Gasteiger partial charge on any atom is 0.161 e. The van der Waals surface area contributed by atoms with Crippen LogP contribution in [0.5, 0.6) is 0 Å². The monoisotopic (exact) mass is 276 g/mol. The van der Waals surface area contributed by atoms with E-state index in [1.54, 1.807) is 13.1 Å². The molecule has 0 aliphatic rings. The first kappa shape index (κ1) is 13.3. The summed E-state index contributed by atoms with van der Waals surface area (Å²) in [7, 11) is 0. The van der Waals surface area contributed by atoms with E-state index in [2.05, 4.69) is 28.5 Å². The average Bonchev–Trinajstić information content (AvgIpc) is 2.53. The van der Waals surface area contributed by atoms with Gasteiger partial charge in [0.2, 0.25) is 0 Å². The Morgan fingerprint density at radius 1 is 1.05 bits per heavy atom. The number of nitrogens with zero attached hydrogens (tertiary/aromatic N) is 1. The molecule has 0 unspecified atom stereocenters. The fourth-order valence-electron chi connectivity index (χ4n) is 2.44. The van der Waals surface area contributed by atoms with Crippen LogP contribution in [0, 0.1) is 0 Å². The Bertz CT molecular complexity index is 791. The second kappa shape index (κ2) is 5.75. The first-order valence-corrected chi connectivity index (χ1v) is 6.92. The molecular weight excluding hydrogens is 260 g/mol. The number of fused-ring (bicyclic) bond motifs is 1. The number of rotatable bonds is 4. The quantitative estimate of drug-likeness (QED) is 0.731. The molecule has 0 atom stereocenters. The fourth-order valence-corrected chi connectivity index (χ4v) is 2.44. The Morgan fingerprint density at radius 2 is 1.86 bits per heavy atom. The van der Waals surface area contributed by atoms with Gasteiger partial charge in [-0.05, 0) is 30.7 Å². The van der Waals surface area contributed by atoms with Crippen LogP contribution in [0.25, 0.3) is 10.9 Å². The zero-order valence-electron chi connectivity index (χ0n) is 11.8. The molecule has 3 nitrogen and oxygen atoms in total. The van der Waals surface area contributed by atoms with Gasteiger partial charge < -0.3 is 5.32 Å². The van der Waals surface area contributed by atoms with E-state index in [1.807, 2.05) is 36.4 Å². The van der Waals surface area contributed by atoms with Gasteiger partial charge in [-0.3, -0.25) is 9.78 Å². The molecule has 3 heteroatoms. The van der Waals surface area contributed by atoms with Crippen LogP contribution in [0.4, 0.5) is 5.69 Å². The highest BCUT2D eigenvalue weighted by Gasteiger charge is 2.07. The number of hydrogen-bond acceptors (Lipinski definition) is 3. The largest absolute Gasteiger partial charge is 0.380 e. The molecular formula is C18H16N2O. The zero-order chi connectivity index (χ0) is 14.7. The van der Waals surface area contributed by atoms with Gasteiger partial charge in [0.1, 0.15) is 0 Å². The van der Waals surface area contributed by atoms with Gasteiger partial charge in [-0.25, -0.2) is 0 Å². The summed E-state index contributed by atoms with van der Waals surface area (Å²) in [6.07, 6.45) is 1.80. The standard InChI is InChI=1S/C18H16N2O/c1-13(21)16-9-2-3-10-17(16)20-12-15-7-4-6-14-8-5-11-19-18(14)15/h2-11,20H,12H2,1H3. The lowest BCUT2D eigenvalue weighted by atomic mass is 10.1. The molecule has 1 N–H and O–H groups in total. The Kier molecular flexibility index (Phi) is 3.65. The number of carbonyl (C=O) groups excluding carboxylic acids is 1. The van der Waals surface area contributed by atoms with E-state index in [0.29, 0.717) is 12.1 Å². The zero-order valence-corrected chi connectivity index (χ0v) is 11.8. The van der Waals surface area contributed by atoms with Crippen LogP contribution in [0.2, 0.25) is 0 Å². The van der Waals surface area contributed by atoms with Crippen LogP contribution >= 0.6 is 0 Å². The van der Waals surface area contributed by atoms with E-state index in [9.17, 15) is 4.79 Å². The molecule has 0 amide bonds. The second-order valence-electron chi connectivity index (χ2n) is 4.95. The van der Waals surface area contributed by atoms with Gasteiger partial charge in [0.25, 0.3) is 0 Å². The van der Waals surface area contributed by atoms with E-state index >= 15 is 0 Å². The summed E-state index contributed by atoms with van der Waals surface area (Å²) in [6.45, 7) is 2.22. The molecule has 0 aliphatic heterocycles. The molecule has 3 rings (SSSR count). The Balaban J connectivity index is 1.89. The Hall–Kier alpha value is -2.68. The lowest BCUT2D eigenvalue weighted by Gasteiger charge is -2.11. The highest BCUT2D eigenvalue weighted by atomic mass is 16.1. The van der Waals surface area contributed by atoms with Crippen molar-refractivity contribution in [3.05, 3.63) is 71.9 Å². The van der Waals surface area contributed by atoms with Crippen LogP contribution in [0.3, 0.4) is 0 Å². The number of benzene rings is 2. The fraction of sp³-hybridized carbons (Fsp3) is 0.111. The van der Waals surface area contributed by atoms with Gasteiger partial charge >= 0.3 is 0 Å². The molecule has 0 bridgehead atoms. The molecule has 21 heavy (non-hydrogen) atoms. The molecule has 3 aromatic rings. The number of pyridine rings is 1. The summed E-state index contributed by atoms with van der Waals surface area (Å²) in [5.74, 6) is 0.0640. The third-order valence-corrected chi connectivity index (χ3v) is 3.49.